The van der Waals surface area contributed by atoms with E-state index in [0.717, 1.165) is 21.6 Å². The van der Waals surface area contributed by atoms with Gasteiger partial charge in [0, 0.05) is 13.1 Å². The summed E-state index contributed by atoms with van der Waals surface area (Å²) in [6, 6.07) is 13.6. The van der Waals surface area contributed by atoms with Crippen LogP contribution >= 0.6 is 0 Å². The smallest absolute Gasteiger partial charge is 0.352 e. The lowest BCUT2D eigenvalue weighted by molar-refractivity contribution is -0.579. The molecule has 19 heavy (non-hydrogen) atoms. The minimum Gasteiger partial charge on any atom is -0.710 e. The van der Waals surface area contributed by atoms with Crippen LogP contribution in [-0.2, 0) is 7.05 Å². The third-order valence-electron chi connectivity index (χ3n) is 3.06. The largest absolute Gasteiger partial charge is 0.710 e. The maximum atomic E-state index is 11.6. The first-order valence-electron chi connectivity index (χ1n) is 6.03. The number of hydrogen-bond donors (Lipinski definition) is 0. The van der Waals surface area contributed by atoms with Crippen molar-refractivity contribution in [3.8, 4) is 0 Å². The Morgan fingerprint density at radius 2 is 1.89 bits per heavy atom. The summed E-state index contributed by atoms with van der Waals surface area (Å²) in [5.41, 5.74) is 2.37. The first-order chi connectivity index (χ1) is 9.25. The highest BCUT2D eigenvalue weighted by atomic mass is 16.5. The highest BCUT2D eigenvalue weighted by Crippen LogP contribution is 2.13. The molecular formula is C15H13N3O. The van der Waals surface area contributed by atoms with E-state index in [-0.39, 0.29) is 0 Å². The molecule has 0 aliphatic carbocycles. The zero-order valence-corrected chi connectivity index (χ0v) is 10.5. The third-order valence-corrected chi connectivity index (χ3v) is 3.06. The molecule has 0 bridgehead atoms. The average molecular weight is 251 g/mol. The van der Waals surface area contributed by atoms with E-state index in [1.165, 1.54) is 6.20 Å². The highest BCUT2D eigenvalue weighted by molar-refractivity contribution is 5.74. The van der Waals surface area contributed by atoms with Crippen molar-refractivity contribution in [2.24, 2.45) is 7.05 Å². The fourth-order valence-electron chi connectivity index (χ4n) is 2.03. The number of pyridine rings is 1. The summed E-state index contributed by atoms with van der Waals surface area (Å²) in [5, 5.41) is 11.6. The van der Waals surface area contributed by atoms with Crippen molar-refractivity contribution in [1.82, 2.24) is 9.55 Å². The van der Waals surface area contributed by atoms with Crippen LogP contribution in [0.4, 0.5) is 0 Å². The lowest BCUT2D eigenvalue weighted by Crippen LogP contribution is -2.26. The molecule has 0 amide bonds. The molecule has 0 radical (unpaired) electrons. The van der Waals surface area contributed by atoms with Crippen molar-refractivity contribution < 1.29 is 4.73 Å². The summed E-state index contributed by atoms with van der Waals surface area (Å²) in [7, 11) is 1.90. The molecule has 0 aliphatic heterocycles. The molecular weight excluding hydrogens is 238 g/mol. The molecule has 4 nitrogen and oxygen atoms in total. The van der Waals surface area contributed by atoms with E-state index in [4.69, 9.17) is 0 Å². The summed E-state index contributed by atoms with van der Waals surface area (Å²) in [6.07, 6.45) is 5.35. The highest BCUT2D eigenvalue weighted by Gasteiger charge is 2.14. The van der Waals surface area contributed by atoms with E-state index in [9.17, 15) is 5.21 Å². The number of aryl methyl sites for hydroxylation is 1. The Bertz CT molecular complexity index is 745. The van der Waals surface area contributed by atoms with Crippen molar-refractivity contribution in [2.75, 3.05) is 0 Å². The Hall–Kier alpha value is -2.62. The van der Waals surface area contributed by atoms with Crippen LogP contribution in [0.3, 0.4) is 0 Å². The Balaban J connectivity index is 2.04. The van der Waals surface area contributed by atoms with Gasteiger partial charge in [-0.1, -0.05) is 30.3 Å². The lowest BCUT2D eigenvalue weighted by atomic mass is 10.2. The van der Waals surface area contributed by atoms with E-state index in [1.807, 2.05) is 60.2 Å². The summed E-state index contributed by atoms with van der Waals surface area (Å²) < 4.78 is 2.69. The van der Waals surface area contributed by atoms with Crippen LogP contribution in [0, 0.1) is 5.21 Å². The van der Waals surface area contributed by atoms with Gasteiger partial charge in [0.05, 0.1) is 6.20 Å². The van der Waals surface area contributed by atoms with Crippen LogP contribution in [0.5, 0.6) is 0 Å². The maximum Gasteiger partial charge on any atom is 0.352 e. The Kier molecular flexibility index (Phi) is 2.76. The van der Waals surface area contributed by atoms with E-state index < -0.39 is 0 Å². The number of benzene rings is 1. The molecule has 3 aromatic rings. The lowest BCUT2D eigenvalue weighted by Gasteiger charge is -1.98. The quantitative estimate of drug-likeness (QED) is 0.518. The minimum atomic E-state index is 0.442. The number of hydrogen-bond acceptors (Lipinski definition) is 2. The van der Waals surface area contributed by atoms with E-state index in [0.29, 0.717) is 5.65 Å². The first kappa shape index (κ1) is 11.5. The predicted molar refractivity (Wildman–Crippen MR) is 75.0 cm³/mol. The molecule has 4 heteroatoms. The standard InChI is InChI=1S/C15H13N3O/c1-17-13-8-5-11-18(19)15(13)16-14(17)10-9-12-6-3-2-4-7-12/h2-11H,1H3/b10-9+. The van der Waals surface area contributed by atoms with Gasteiger partial charge in [0.25, 0.3) is 0 Å². The summed E-state index contributed by atoms with van der Waals surface area (Å²) >= 11 is 0. The van der Waals surface area contributed by atoms with E-state index in [2.05, 4.69) is 4.98 Å². The molecule has 0 aliphatic rings. The molecule has 0 unspecified atom stereocenters. The fraction of sp³-hybridized carbons (Fsp3) is 0.0667. The van der Waals surface area contributed by atoms with E-state index in [1.54, 1.807) is 6.07 Å². The van der Waals surface area contributed by atoms with Crippen LogP contribution in [0.15, 0.2) is 48.7 Å². The van der Waals surface area contributed by atoms with Gasteiger partial charge in [0.2, 0.25) is 5.82 Å². The molecule has 2 heterocycles. The van der Waals surface area contributed by atoms with Crippen LogP contribution in [0.2, 0.25) is 0 Å². The summed E-state index contributed by atoms with van der Waals surface area (Å²) in [6.45, 7) is 0. The number of aromatic nitrogens is 3. The van der Waals surface area contributed by atoms with Crippen LogP contribution in [0.1, 0.15) is 11.4 Å². The second-order valence-electron chi connectivity index (χ2n) is 4.32. The molecule has 0 spiro atoms. The van der Waals surface area contributed by atoms with Gasteiger partial charge >= 0.3 is 5.65 Å². The normalized spacial score (nSPS) is 11.4. The topological polar surface area (TPSA) is 44.8 Å². The first-order valence-corrected chi connectivity index (χ1v) is 6.03. The Morgan fingerprint density at radius 3 is 2.63 bits per heavy atom. The fourth-order valence-corrected chi connectivity index (χ4v) is 2.03. The molecule has 1 aromatic carbocycles. The van der Waals surface area contributed by atoms with Gasteiger partial charge in [-0.05, 0) is 28.8 Å². The van der Waals surface area contributed by atoms with Crippen molar-refractivity contribution in [1.29, 1.82) is 0 Å². The number of fused-ring (bicyclic) bond motifs is 1. The van der Waals surface area contributed by atoms with Crippen LogP contribution < -0.4 is 4.73 Å². The van der Waals surface area contributed by atoms with Gasteiger partial charge in [-0.25, -0.2) is 4.73 Å². The molecule has 0 atom stereocenters. The van der Waals surface area contributed by atoms with Gasteiger partial charge in [0.15, 0.2) is 0 Å². The van der Waals surface area contributed by atoms with Crippen molar-refractivity contribution in [2.45, 2.75) is 0 Å². The molecule has 94 valence electrons. The van der Waals surface area contributed by atoms with Crippen molar-refractivity contribution >= 4 is 23.3 Å². The SMILES string of the molecule is Cn1c(/C=C/c2ccccc2)nc2c1ccc[n+]2[O-]. The molecule has 0 N–H and O–H groups in total. The predicted octanol–water partition coefficient (Wildman–Crippen LogP) is 2.38. The minimum absolute atomic E-state index is 0.442. The molecule has 3 rings (SSSR count). The Morgan fingerprint density at radius 1 is 1.11 bits per heavy atom. The van der Waals surface area contributed by atoms with Gasteiger partial charge in [-0.3, -0.25) is 0 Å². The van der Waals surface area contributed by atoms with Crippen LogP contribution in [0.25, 0.3) is 23.3 Å². The molecule has 0 saturated heterocycles. The number of imidazole rings is 1. The second-order valence-corrected chi connectivity index (χ2v) is 4.32. The molecule has 0 fully saturated rings. The summed E-state index contributed by atoms with van der Waals surface area (Å²) in [5.74, 6) is 0.759. The summed E-state index contributed by atoms with van der Waals surface area (Å²) in [4.78, 5) is 4.35. The van der Waals surface area contributed by atoms with Crippen molar-refractivity contribution in [3.63, 3.8) is 0 Å². The van der Waals surface area contributed by atoms with Gasteiger partial charge in [-0.15, -0.1) is 0 Å². The van der Waals surface area contributed by atoms with Crippen molar-refractivity contribution in [3.05, 3.63) is 65.3 Å². The third kappa shape index (κ3) is 2.08. The zero-order valence-electron chi connectivity index (χ0n) is 10.5. The van der Waals surface area contributed by atoms with Crippen LogP contribution in [-0.4, -0.2) is 9.55 Å². The van der Waals surface area contributed by atoms with Gasteiger partial charge < -0.3 is 9.77 Å². The molecule has 2 aromatic heterocycles. The number of rotatable bonds is 2. The van der Waals surface area contributed by atoms with Gasteiger partial charge in [-0.2, -0.15) is 0 Å². The van der Waals surface area contributed by atoms with E-state index >= 15 is 0 Å². The zero-order chi connectivity index (χ0) is 13.2. The molecule has 0 saturated carbocycles. The maximum absolute atomic E-state index is 11.6. The monoisotopic (exact) mass is 251 g/mol. The Labute approximate surface area is 110 Å². The number of nitrogens with zero attached hydrogens (tertiary/aromatic N) is 3. The average Bonchev–Trinajstić information content (AvgIpc) is 2.77. The second kappa shape index (κ2) is 4.57. The van der Waals surface area contributed by atoms with Gasteiger partial charge in [0.1, 0.15) is 5.52 Å².